The standard InChI is InChI=1S/C15H30N2O2/c1-15(2)6-3-12(14(15)16)11-17-7-4-13(5-8-17)19-10-9-18/h12-14,18H,3-11,16H2,1-2H3. The van der Waals surface area contributed by atoms with Crippen molar-refractivity contribution in [2.24, 2.45) is 17.1 Å². The molecule has 2 aliphatic rings. The molecule has 2 rings (SSSR count). The van der Waals surface area contributed by atoms with Crippen LogP contribution in [0.25, 0.3) is 0 Å². The van der Waals surface area contributed by atoms with Gasteiger partial charge >= 0.3 is 0 Å². The SMILES string of the molecule is CC1(C)CCC(CN2CCC(OCCO)CC2)C1N. The van der Waals surface area contributed by atoms with Gasteiger partial charge < -0.3 is 20.5 Å². The van der Waals surface area contributed by atoms with Crippen LogP contribution in [0.3, 0.4) is 0 Å². The highest BCUT2D eigenvalue weighted by molar-refractivity contribution is 4.95. The molecule has 112 valence electrons. The maximum Gasteiger partial charge on any atom is 0.0701 e. The van der Waals surface area contributed by atoms with Gasteiger partial charge in [-0.1, -0.05) is 13.8 Å². The largest absolute Gasteiger partial charge is 0.394 e. The molecule has 1 heterocycles. The topological polar surface area (TPSA) is 58.7 Å². The minimum absolute atomic E-state index is 0.131. The Balaban J connectivity index is 1.71. The second-order valence-electron chi connectivity index (χ2n) is 6.91. The summed E-state index contributed by atoms with van der Waals surface area (Å²) in [7, 11) is 0. The maximum atomic E-state index is 8.77. The third-order valence-electron chi connectivity index (χ3n) is 5.04. The van der Waals surface area contributed by atoms with Gasteiger partial charge in [-0.2, -0.15) is 0 Å². The van der Waals surface area contributed by atoms with Crippen LogP contribution in [0.4, 0.5) is 0 Å². The number of nitrogens with two attached hydrogens (primary N) is 1. The summed E-state index contributed by atoms with van der Waals surface area (Å²) >= 11 is 0. The summed E-state index contributed by atoms with van der Waals surface area (Å²) in [4.78, 5) is 2.55. The zero-order valence-corrected chi connectivity index (χ0v) is 12.5. The van der Waals surface area contributed by atoms with E-state index in [2.05, 4.69) is 18.7 Å². The first-order valence-corrected chi connectivity index (χ1v) is 7.73. The van der Waals surface area contributed by atoms with Crippen LogP contribution in [0.2, 0.25) is 0 Å². The van der Waals surface area contributed by atoms with Crippen molar-refractivity contribution in [3.05, 3.63) is 0 Å². The molecule has 4 heteroatoms. The molecule has 0 aromatic rings. The highest BCUT2D eigenvalue weighted by atomic mass is 16.5. The van der Waals surface area contributed by atoms with Crippen molar-refractivity contribution in [3.8, 4) is 0 Å². The van der Waals surface area contributed by atoms with Gasteiger partial charge in [0.05, 0.1) is 19.3 Å². The molecule has 1 aliphatic carbocycles. The van der Waals surface area contributed by atoms with E-state index in [1.165, 1.54) is 12.8 Å². The van der Waals surface area contributed by atoms with Gasteiger partial charge in [0.2, 0.25) is 0 Å². The Morgan fingerprint density at radius 2 is 1.95 bits per heavy atom. The Morgan fingerprint density at radius 3 is 2.47 bits per heavy atom. The van der Waals surface area contributed by atoms with Crippen LogP contribution in [0.15, 0.2) is 0 Å². The highest BCUT2D eigenvalue weighted by Crippen LogP contribution is 2.40. The summed E-state index contributed by atoms with van der Waals surface area (Å²) in [5.74, 6) is 0.657. The van der Waals surface area contributed by atoms with E-state index in [9.17, 15) is 0 Å². The summed E-state index contributed by atoms with van der Waals surface area (Å²) in [6.45, 7) is 8.58. The summed E-state index contributed by atoms with van der Waals surface area (Å²) in [6, 6.07) is 0.343. The monoisotopic (exact) mass is 270 g/mol. The van der Waals surface area contributed by atoms with E-state index >= 15 is 0 Å². The molecule has 1 saturated carbocycles. The molecule has 0 spiro atoms. The summed E-state index contributed by atoms with van der Waals surface area (Å²) in [5, 5.41) is 8.77. The lowest BCUT2D eigenvalue weighted by Crippen LogP contribution is -2.45. The van der Waals surface area contributed by atoms with Gasteiger partial charge in [-0.15, -0.1) is 0 Å². The molecule has 0 aromatic carbocycles. The molecule has 3 N–H and O–H groups in total. The molecule has 0 bridgehead atoms. The molecule has 1 aliphatic heterocycles. The summed E-state index contributed by atoms with van der Waals surface area (Å²) in [6.07, 6.45) is 5.05. The van der Waals surface area contributed by atoms with E-state index in [1.807, 2.05) is 0 Å². The average Bonchev–Trinajstić information content (AvgIpc) is 2.65. The molecule has 2 unspecified atom stereocenters. The van der Waals surface area contributed by atoms with E-state index in [-0.39, 0.29) is 6.61 Å². The number of rotatable bonds is 5. The summed E-state index contributed by atoms with van der Waals surface area (Å²) in [5.41, 5.74) is 6.70. The third kappa shape index (κ3) is 3.91. The maximum absolute atomic E-state index is 8.77. The van der Waals surface area contributed by atoms with Gasteiger partial charge in [-0.25, -0.2) is 0 Å². The van der Waals surface area contributed by atoms with Gasteiger partial charge in [0, 0.05) is 25.7 Å². The van der Waals surface area contributed by atoms with E-state index in [4.69, 9.17) is 15.6 Å². The van der Waals surface area contributed by atoms with Crippen LogP contribution in [0.1, 0.15) is 39.5 Å². The lowest BCUT2D eigenvalue weighted by molar-refractivity contribution is -0.0104. The lowest BCUT2D eigenvalue weighted by atomic mass is 9.85. The van der Waals surface area contributed by atoms with Gasteiger partial charge in [-0.3, -0.25) is 0 Å². The number of nitrogens with zero attached hydrogens (tertiary/aromatic N) is 1. The Bertz CT molecular complexity index is 275. The van der Waals surface area contributed by atoms with Gasteiger partial charge in [0.15, 0.2) is 0 Å². The quantitative estimate of drug-likeness (QED) is 0.789. The van der Waals surface area contributed by atoms with Crippen molar-refractivity contribution >= 4 is 0 Å². The van der Waals surface area contributed by atoms with Crippen LogP contribution in [-0.2, 0) is 4.74 Å². The number of hydrogen-bond donors (Lipinski definition) is 2. The number of likely N-dealkylation sites (tertiary alicyclic amines) is 1. The van der Waals surface area contributed by atoms with Crippen molar-refractivity contribution in [2.75, 3.05) is 32.8 Å². The molecule has 0 aromatic heterocycles. The van der Waals surface area contributed by atoms with Crippen molar-refractivity contribution in [1.82, 2.24) is 4.90 Å². The van der Waals surface area contributed by atoms with Gasteiger partial charge in [0.25, 0.3) is 0 Å². The van der Waals surface area contributed by atoms with Crippen LogP contribution in [-0.4, -0.2) is 55.0 Å². The number of aliphatic hydroxyl groups is 1. The molecule has 2 fully saturated rings. The predicted molar refractivity (Wildman–Crippen MR) is 77.0 cm³/mol. The Kier molecular flexibility index (Phi) is 5.23. The predicted octanol–water partition coefficient (Wildman–Crippen LogP) is 1.22. The molecule has 19 heavy (non-hydrogen) atoms. The number of hydrogen-bond acceptors (Lipinski definition) is 4. The Hall–Kier alpha value is -0.160. The molecular weight excluding hydrogens is 240 g/mol. The van der Waals surface area contributed by atoms with E-state index in [0.29, 0.717) is 30.1 Å². The second kappa shape index (κ2) is 6.53. The fourth-order valence-corrected chi connectivity index (χ4v) is 3.56. The van der Waals surface area contributed by atoms with Crippen molar-refractivity contribution in [3.63, 3.8) is 0 Å². The first-order chi connectivity index (χ1) is 9.03. The van der Waals surface area contributed by atoms with Gasteiger partial charge in [0.1, 0.15) is 0 Å². The number of ether oxygens (including phenoxy) is 1. The molecule has 0 radical (unpaired) electrons. The minimum Gasteiger partial charge on any atom is -0.394 e. The van der Waals surface area contributed by atoms with Gasteiger partial charge in [-0.05, 0) is 37.0 Å². The third-order valence-corrected chi connectivity index (χ3v) is 5.04. The first-order valence-electron chi connectivity index (χ1n) is 7.73. The van der Waals surface area contributed by atoms with Crippen molar-refractivity contribution in [1.29, 1.82) is 0 Å². The molecule has 2 atom stereocenters. The van der Waals surface area contributed by atoms with Crippen molar-refractivity contribution in [2.45, 2.75) is 51.7 Å². The molecule has 1 saturated heterocycles. The second-order valence-corrected chi connectivity index (χ2v) is 6.91. The van der Waals surface area contributed by atoms with Crippen LogP contribution < -0.4 is 5.73 Å². The van der Waals surface area contributed by atoms with E-state index in [0.717, 1.165) is 32.5 Å². The zero-order valence-electron chi connectivity index (χ0n) is 12.5. The molecule has 4 nitrogen and oxygen atoms in total. The number of aliphatic hydroxyl groups excluding tert-OH is 1. The van der Waals surface area contributed by atoms with Crippen LogP contribution in [0, 0.1) is 11.3 Å². The highest BCUT2D eigenvalue weighted by Gasteiger charge is 2.40. The van der Waals surface area contributed by atoms with E-state index in [1.54, 1.807) is 0 Å². The van der Waals surface area contributed by atoms with Crippen molar-refractivity contribution < 1.29 is 9.84 Å². The fourth-order valence-electron chi connectivity index (χ4n) is 3.56. The Morgan fingerprint density at radius 1 is 1.26 bits per heavy atom. The smallest absolute Gasteiger partial charge is 0.0701 e. The summed E-state index contributed by atoms with van der Waals surface area (Å²) < 4.78 is 5.60. The van der Waals surface area contributed by atoms with Crippen LogP contribution in [0.5, 0.6) is 0 Å². The normalized spacial score (nSPS) is 32.8. The first kappa shape index (κ1) is 15.2. The van der Waals surface area contributed by atoms with Crippen LogP contribution >= 0.6 is 0 Å². The number of piperidine rings is 1. The Labute approximate surface area is 117 Å². The van der Waals surface area contributed by atoms with E-state index < -0.39 is 0 Å². The molecular formula is C15H30N2O2. The zero-order chi connectivity index (χ0) is 13.9. The minimum atomic E-state index is 0.131. The fraction of sp³-hybridized carbons (Fsp3) is 1.00. The molecule has 0 amide bonds. The average molecular weight is 270 g/mol. The lowest BCUT2D eigenvalue weighted by Gasteiger charge is -2.35.